The molecule has 9 nitrogen and oxygen atoms in total. The number of nitrogens with zero attached hydrogens (tertiary/aromatic N) is 4. The number of ether oxygens (including phenoxy) is 2. The van der Waals surface area contributed by atoms with Crippen LogP contribution in [0.2, 0.25) is 0 Å². The largest absolute Gasteiger partial charge is 0.497 e. The van der Waals surface area contributed by atoms with E-state index >= 15 is 0 Å². The summed E-state index contributed by atoms with van der Waals surface area (Å²) >= 11 is 0. The Hall–Kier alpha value is -3.85. The quantitative estimate of drug-likeness (QED) is 0.412. The SMILES string of the molecule is COc1ccc(N2CCN(CCCNC(=O)c3ccc(=O)n(CCOc4ccccc4)n3)CC2)cc1. The minimum atomic E-state index is -0.281. The van der Waals surface area contributed by atoms with Crippen LogP contribution in [-0.2, 0) is 6.54 Å². The van der Waals surface area contributed by atoms with Crippen molar-refractivity contribution in [2.75, 3.05) is 57.9 Å². The van der Waals surface area contributed by atoms with Crippen molar-refractivity contribution in [1.82, 2.24) is 20.0 Å². The smallest absolute Gasteiger partial charge is 0.271 e. The van der Waals surface area contributed by atoms with Crippen LogP contribution in [0.15, 0.2) is 71.5 Å². The van der Waals surface area contributed by atoms with Crippen LogP contribution in [0, 0.1) is 0 Å². The lowest BCUT2D eigenvalue weighted by Crippen LogP contribution is -2.47. The van der Waals surface area contributed by atoms with E-state index in [1.54, 1.807) is 7.11 Å². The van der Waals surface area contributed by atoms with Gasteiger partial charge in [0, 0.05) is 44.5 Å². The third kappa shape index (κ3) is 7.08. The zero-order valence-electron chi connectivity index (χ0n) is 20.6. The Bertz CT molecular complexity index is 1160. The average Bonchev–Trinajstić information content (AvgIpc) is 2.93. The molecule has 0 atom stereocenters. The topological polar surface area (TPSA) is 88.9 Å². The van der Waals surface area contributed by atoms with Gasteiger partial charge in [-0.25, -0.2) is 4.68 Å². The lowest BCUT2D eigenvalue weighted by atomic mass is 10.2. The molecule has 36 heavy (non-hydrogen) atoms. The van der Waals surface area contributed by atoms with Gasteiger partial charge < -0.3 is 19.7 Å². The standard InChI is InChI=1S/C27H33N5O4/c1-35-23-10-8-22(9-11-23)31-18-16-30(17-19-31)15-5-14-28-27(34)25-12-13-26(33)32(29-25)20-21-36-24-6-3-2-4-7-24/h2-4,6-13H,5,14-21H2,1H3,(H,28,34). The Balaban J connectivity index is 1.16. The van der Waals surface area contributed by atoms with E-state index in [9.17, 15) is 9.59 Å². The summed E-state index contributed by atoms with van der Waals surface area (Å²) in [6.07, 6.45) is 0.846. The van der Waals surface area contributed by atoms with Gasteiger partial charge in [-0.1, -0.05) is 18.2 Å². The van der Waals surface area contributed by atoms with Gasteiger partial charge in [0.2, 0.25) is 0 Å². The van der Waals surface area contributed by atoms with Crippen molar-refractivity contribution in [2.24, 2.45) is 0 Å². The first-order valence-corrected chi connectivity index (χ1v) is 12.3. The number of para-hydroxylation sites is 1. The van der Waals surface area contributed by atoms with Gasteiger partial charge in [-0.3, -0.25) is 14.5 Å². The summed E-state index contributed by atoms with van der Waals surface area (Å²) in [4.78, 5) is 29.5. The molecule has 0 aliphatic carbocycles. The maximum atomic E-state index is 12.6. The molecule has 4 rings (SSSR count). The Morgan fingerprint density at radius 2 is 1.67 bits per heavy atom. The van der Waals surface area contributed by atoms with Crippen LogP contribution >= 0.6 is 0 Å². The number of hydrogen-bond acceptors (Lipinski definition) is 7. The lowest BCUT2D eigenvalue weighted by molar-refractivity contribution is 0.0943. The first kappa shape index (κ1) is 25.2. The van der Waals surface area contributed by atoms with E-state index in [0.29, 0.717) is 6.54 Å². The monoisotopic (exact) mass is 491 g/mol. The number of hydrogen-bond donors (Lipinski definition) is 1. The Morgan fingerprint density at radius 1 is 0.917 bits per heavy atom. The van der Waals surface area contributed by atoms with E-state index in [1.807, 2.05) is 42.5 Å². The Kier molecular flexibility index (Phi) is 8.93. The first-order chi connectivity index (χ1) is 17.6. The maximum absolute atomic E-state index is 12.6. The zero-order valence-corrected chi connectivity index (χ0v) is 20.6. The molecule has 3 aromatic rings. The van der Waals surface area contributed by atoms with E-state index in [-0.39, 0.29) is 30.3 Å². The van der Waals surface area contributed by atoms with Crippen LogP contribution in [0.4, 0.5) is 5.69 Å². The molecule has 0 bridgehead atoms. The fourth-order valence-corrected chi connectivity index (χ4v) is 4.11. The minimum Gasteiger partial charge on any atom is -0.497 e. The van der Waals surface area contributed by atoms with Gasteiger partial charge in [-0.15, -0.1) is 0 Å². The summed E-state index contributed by atoms with van der Waals surface area (Å²) in [7, 11) is 1.68. The second kappa shape index (κ2) is 12.7. The van der Waals surface area contributed by atoms with Crippen LogP contribution in [0.3, 0.4) is 0 Å². The molecule has 0 saturated carbocycles. The van der Waals surface area contributed by atoms with E-state index in [2.05, 4.69) is 32.3 Å². The van der Waals surface area contributed by atoms with Crippen molar-refractivity contribution in [1.29, 1.82) is 0 Å². The highest BCUT2D eigenvalue weighted by atomic mass is 16.5. The molecule has 2 heterocycles. The van der Waals surface area contributed by atoms with Crippen LogP contribution in [0.1, 0.15) is 16.9 Å². The molecule has 0 spiro atoms. The number of anilines is 1. The van der Waals surface area contributed by atoms with Crippen LogP contribution < -0.4 is 25.2 Å². The van der Waals surface area contributed by atoms with Gasteiger partial charge in [0.05, 0.1) is 13.7 Å². The molecule has 1 aliphatic rings. The summed E-state index contributed by atoms with van der Waals surface area (Å²) in [5.41, 5.74) is 1.17. The highest BCUT2D eigenvalue weighted by Gasteiger charge is 2.17. The third-order valence-electron chi connectivity index (χ3n) is 6.16. The van der Waals surface area contributed by atoms with Crippen molar-refractivity contribution in [3.05, 3.63) is 82.8 Å². The fraction of sp³-hybridized carbons (Fsp3) is 0.370. The number of amides is 1. The predicted octanol–water partition coefficient (Wildman–Crippen LogP) is 2.27. The number of carbonyl (C=O) groups is 1. The molecule has 9 heteroatoms. The molecule has 1 saturated heterocycles. The third-order valence-corrected chi connectivity index (χ3v) is 6.16. The first-order valence-electron chi connectivity index (χ1n) is 12.3. The summed E-state index contributed by atoms with van der Waals surface area (Å²) < 4.78 is 12.1. The second-order valence-electron chi connectivity index (χ2n) is 8.58. The highest BCUT2D eigenvalue weighted by molar-refractivity contribution is 5.91. The predicted molar refractivity (Wildman–Crippen MR) is 139 cm³/mol. The normalized spacial score (nSPS) is 13.9. The number of rotatable bonds is 11. The van der Waals surface area contributed by atoms with Crippen molar-refractivity contribution < 1.29 is 14.3 Å². The molecule has 2 aromatic carbocycles. The second-order valence-corrected chi connectivity index (χ2v) is 8.58. The Labute approximate surface area is 211 Å². The molecule has 1 N–H and O–H groups in total. The van der Waals surface area contributed by atoms with E-state index in [1.165, 1.54) is 22.5 Å². The molecule has 0 unspecified atom stereocenters. The number of carbonyl (C=O) groups excluding carboxylic acids is 1. The van der Waals surface area contributed by atoms with Gasteiger partial charge in [0.1, 0.15) is 23.8 Å². The van der Waals surface area contributed by atoms with Gasteiger partial charge in [-0.2, -0.15) is 5.10 Å². The molecule has 190 valence electrons. The molecule has 0 radical (unpaired) electrons. The lowest BCUT2D eigenvalue weighted by Gasteiger charge is -2.36. The zero-order chi connectivity index (χ0) is 25.2. The van der Waals surface area contributed by atoms with Crippen molar-refractivity contribution in [3.8, 4) is 11.5 Å². The van der Waals surface area contributed by atoms with Gasteiger partial charge in [0.15, 0.2) is 0 Å². The van der Waals surface area contributed by atoms with Gasteiger partial charge in [0.25, 0.3) is 11.5 Å². The summed E-state index contributed by atoms with van der Waals surface area (Å²) in [6, 6.07) is 20.4. The van der Waals surface area contributed by atoms with Crippen LogP contribution in [-0.4, -0.2) is 73.6 Å². The molecule has 1 aliphatic heterocycles. The summed E-state index contributed by atoms with van der Waals surface area (Å²) in [5.74, 6) is 1.31. The summed E-state index contributed by atoms with van der Waals surface area (Å²) in [5, 5.41) is 7.12. The van der Waals surface area contributed by atoms with E-state index < -0.39 is 0 Å². The number of piperazine rings is 1. The molecule has 1 fully saturated rings. The van der Waals surface area contributed by atoms with Gasteiger partial charge in [-0.05, 0) is 55.4 Å². The van der Waals surface area contributed by atoms with Crippen molar-refractivity contribution >= 4 is 11.6 Å². The number of nitrogens with one attached hydrogen (secondary N) is 1. The highest BCUT2D eigenvalue weighted by Crippen LogP contribution is 2.20. The van der Waals surface area contributed by atoms with Gasteiger partial charge >= 0.3 is 0 Å². The molecular formula is C27H33N5O4. The van der Waals surface area contributed by atoms with Crippen molar-refractivity contribution in [2.45, 2.75) is 13.0 Å². The van der Waals surface area contributed by atoms with Crippen molar-refractivity contribution in [3.63, 3.8) is 0 Å². The Morgan fingerprint density at radius 3 is 2.39 bits per heavy atom. The van der Waals surface area contributed by atoms with E-state index in [0.717, 1.165) is 50.6 Å². The minimum absolute atomic E-state index is 0.224. The maximum Gasteiger partial charge on any atom is 0.271 e. The number of methoxy groups -OCH3 is 1. The average molecular weight is 492 g/mol. The van der Waals surface area contributed by atoms with Crippen LogP contribution in [0.25, 0.3) is 0 Å². The molecule has 1 aromatic heterocycles. The van der Waals surface area contributed by atoms with Crippen LogP contribution in [0.5, 0.6) is 11.5 Å². The summed E-state index contributed by atoms with van der Waals surface area (Å²) in [6.45, 7) is 5.92. The molecule has 1 amide bonds. The number of aromatic nitrogens is 2. The van der Waals surface area contributed by atoms with E-state index in [4.69, 9.17) is 9.47 Å². The fourth-order valence-electron chi connectivity index (χ4n) is 4.11. The molecular weight excluding hydrogens is 458 g/mol. The number of benzene rings is 2.